The van der Waals surface area contributed by atoms with Gasteiger partial charge in [-0.3, -0.25) is 19.1 Å². The molecule has 2 aliphatic carbocycles. The van der Waals surface area contributed by atoms with Gasteiger partial charge in [-0.2, -0.15) is 5.10 Å². The van der Waals surface area contributed by atoms with Crippen LogP contribution in [0.15, 0.2) is 18.3 Å². The van der Waals surface area contributed by atoms with Gasteiger partial charge in [-0.05, 0) is 25.2 Å². The van der Waals surface area contributed by atoms with Gasteiger partial charge < -0.3 is 16.2 Å². The molecule has 23 heavy (non-hydrogen) atoms. The maximum atomic E-state index is 12.6. The first-order valence-corrected chi connectivity index (χ1v) is 7.51. The number of nitrogens with two attached hydrogens (primary N) is 1. The molecule has 1 heterocycles. The number of hydrogen-bond acceptors (Lipinski definition) is 4. The van der Waals surface area contributed by atoms with Crippen molar-refractivity contribution >= 4 is 23.5 Å². The Morgan fingerprint density at radius 3 is 2.57 bits per heavy atom. The van der Waals surface area contributed by atoms with E-state index in [1.165, 1.54) is 10.9 Å². The minimum Gasteiger partial charge on any atom is -0.481 e. The fourth-order valence-electron chi connectivity index (χ4n) is 3.71. The Hall–Kier alpha value is -2.64. The van der Waals surface area contributed by atoms with Crippen molar-refractivity contribution in [3.63, 3.8) is 0 Å². The zero-order chi connectivity index (χ0) is 16.7. The van der Waals surface area contributed by atoms with Gasteiger partial charge in [0.15, 0.2) is 0 Å². The van der Waals surface area contributed by atoms with Gasteiger partial charge in [0.2, 0.25) is 5.91 Å². The van der Waals surface area contributed by atoms with Crippen LogP contribution in [0.3, 0.4) is 0 Å². The van der Waals surface area contributed by atoms with Crippen LogP contribution in [0, 0.1) is 23.7 Å². The molecule has 0 unspecified atom stereocenters. The second-order valence-corrected chi connectivity index (χ2v) is 5.91. The first kappa shape index (κ1) is 15.3. The fourth-order valence-corrected chi connectivity index (χ4v) is 3.71. The first-order valence-electron chi connectivity index (χ1n) is 7.51. The average molecular weight is 318 g/mol. The van der Waals surface area contributed by atoms with E-state index in [0.29, 0.717) is 13.0 Å². The Kier molecular flexibility index (Phi) is 3.67. The molecule has 0 radical (unpaired) electrons. The van der Waals surface area contributed by atoms with Crippen molar-refractivity contribution in [1.29, 1.82) is 0 Å². The Bertz CT molecular complexity index is 708. The standard InChI is InChI=1S/C15H18N4O4/c1-2-19-12(13(16)20)9(6-17-19)18-14(21)10-7-3-4-8(5-7)11(10)15(22)23/h3-4,6-8,10-11H,2,5H2,1H3,(H2,16,20)(H,18,21)(H,22,23)/t7-,8+,10+,11+/m1/s1. The Labute approximate surface area is 132 Å². The smallest absolute Gasteiger partial charge is 0.307 e. The van der Waals surface area contributed by atoms with Crippen molar-refractivity contribution in [3.05, 3.63) is 24.0 Å². The van der Waals surface area contributed by atoms with Gasteiger partial charge in [0, 0.05) is 6.54 Å². The van der Waals surface area contributed by atoms with E-state index in [0.717, 1.165) is 0 Å². The second-order valence-electron chi connectivity index (χ2n) is 5.91. The summed E-state index contributed by atoms with van der Waals surface area (Å²) in [5.41, 5.74) is 5.68. The molecular weight excluding hydrogens is 300 g/mol. The molecule has 2 amide bonds. The van der Waals surface area contributed by atoms with Crippen LogP contribution >= 0.6 is 0 Å². The number of nitrogens with zero attached hydrogens (tertiary/aromatic N) is 2. The summed E-state index contributed by atoms with van der Waals surface area (Å²) in [6, 6.07) is 0. The van der Waals surface area contributed by atoms with Gasteiger partial charge in [-0.1, -0.05) is 12.2 Å². The monoisotopic (exact) mass is 318 g/mol. The molecule has 3 rings (SSSR count). The number of nitrogens with one attached hydrogen (secondary N) is 1. The Morgan fingerprint density at radius 2 is 2.00 bits per heavy atom. The number of primary amides is 1. The van der Waals surface area contributed by atoms with Crippen LogP contribution in [0.1, 0.15) is 23.8 Å². The van der Waals surface area contributed by atoms with Gasteiger partial charge in [0.05, 0.1) is 23.7 Å². The number of hydrogen-bond donors (Lipinski definition) is 3. The lowest BCUT2D eigenvalue weighted by atomic mass is 9.82. The van der Waals surface area contributed by atoms with E-state index in [1.54, 1.807) is 6.92 Å². The summed E-state index contributed by atoms with van der Waals surface area (Å²) in [6.07, 6.45) is 5.81. The maximum Gasteiger partial charge on any atom is 0.307 e. The summed E-state index contributed by atoms with van der Waals surface area (Å²) >= 11 is 0. The van der Waals surface area contributed by atoms with Gasteiger partial charge in [-0.25, -0.2) is 0 Å². The largest absolute Gasteiger partial charge is 0.481 e. The van der Waals surface area contributed by atoms with E-state index in [9.17, 15) is 19.5 Å². The molecule has 8 heteroatoms. The third-order valence-corrected chi connectivity index (χ3v) is 4.68. The van der Waals surface area contributed by atoms with E-state index in [2.05, 4.69) is 10.4 Å². The zero-order valence-electron chi connectivity index (χ0n) is 12.6. The van der Waals surface area contributed by atoms with Crippen LogP contribution in [0.2, 0.25) is 0 Å². The lowest BCUT2D eigenvalue weighted by Gasteiger charge is -2.23. The minimum atomic E-state index is -0.971. The van der Waals surface area contributed by atoms with Gasteiger partial charge in [0.25, 0.3) is 5.91 Å². The normalized spacial score (nSPS) is 28.0. The van der Waals surface area contributed by atoms with Crippen LogP contribution < -0.4 is 11.1 Å². The van der Waals surface area contributed by atoms with Crippen molar-refractivity contribution in [2.45, 2.75) is 19.9 Å². The number of carboxylic acid groups (broad SMARTS) is 1. The van der Waals surface area contributed by atoms with E-state index < -0.39 is 29.6 Å². The number of aryl methyl sites for hydroxylation is 1. The molecule has 1 fully saturated rings. The summed E-state index contributed by atoms with van der Waals surface area (Å²) in [4.78, 5) is 35.6. The fraction of sp³-hybridized carbons (Fsp3) is 0.467. The molecule has 2 aliphatic rings. The summed E-state index contributed by atoms with van der Waals surface area (Å²) in [6.45, 7) is 2.23. The van der Waals surface area contributed by atoms with Crippen molar-refractivity contribution in [3.8, 4) is 0 Å². The highest BCUT2D eigenvalue weighted by atomic mass is 16.4. The number of fused-ring (bicyclic) bond motifs is 2. The van der Waals surface area contributed by atoms with Crippen molar-refractivity contribution in [1.82, 2.24) is 9.78 Å². The number of aliphatic carboxylic acids is 1. The predicted molar refractivity (Wildman–Crippen MR) is 80.4 cm³/mol. The maximum absolute atomic E-state index is 12.6. The number of carboxylic acids is 1. The second kappa shape index (κ2) is 5.53. The van der Waals surface area contributed by atoms with Gasteiger partial charge in [-0.15, -0.1) is 0 Å². The predicted octanol–water partition coefficient (Wildman–Crippen LogP) is 0.463. The lowest BCUT2D eigenvalue weighted by molar-refractivity contribution is -0.146. The minimum absolute atomic E-state index is 0.0839. The number of aromatic nitrogens is 2. The molecule has 0 aliphatic heterocycles. The van der Waals surface area contributed by atoms with Gasteiger partial charge >= 0.3 is 5.97 Å². The molecule has 2 bridgehead atoms. The molecule has 1 saturated carbocycles. The number of carbonyl (C=O) groups excluding carboxylic acids is 2. The number of allylic oxidation sites excluding steroid dienone is 2. The zero-order valence-corrected chi connectivity index (χ0v) is 12.6. The topological polar surface area (TPSA) is 127 Å². The summed E-state index contributed by atoms with van der Waals surface area (Å²) < 4.78 is 1.40. The molecule has 1 aromatic heterocycles. The molecule has 0 spiro atoms. The molecule has 8 nitrogen and oxygen atoms in total. The molecule has 4 atom stereocenters. The quantitative estimate of drug-likeness (QED) is 0.680. The van der Waals surface area contributed by atoms with Crippen LogP contribution in [-0.2, 0) is 16.1 Å². The third-order valence-electron chi connectivity index (χ3n) is 4.68. The highest BCUT2D eigenvalue weighted by molar-refractivity contribution is 6.03. The van der Waals surface area contributed by atoms with E-state index in [4.69, 9.17) is 5.73 Å². The van der Waals surface area contributed by atoms with E-state index >= 15 is 0 Å². The van der Waals surface area contributed by atoms with E-state index in [-0.39, 0.29) is 23.2 Å². The molecular formula is C15H18N4O4. The number of amides is 2. The van der Waals surface area contributed by atoms with Crippen LogP contribution in [0.5, 0.6) is 0 Å². The van der Waals surface area contributed by atoms with E-state index in [1.807, 2.05) is 12.2 Å². The summed E-state index contributed by atoms with van der Waals surface area (Å²) in [5.74, 6) is -3.64. The number of rotatable bonds is 5. The van der Waals surface area contributed by atoms with Crippen LogP contribution in [0.25, 0.3) is 0 Å². The number of carbonyl (C=O) groups is 3. The average Bonchev–Trinajstić information content (AvgIpc) is 3.19. The molecule has 0 aromatic carbocycles. The van der Waals surface area contributed by atoms with Gasteiger partial charge in [0.1, 0.15) is 5.69 Å². The Balaban J connectivity index is 1.85. The highest BCUT2D eigenvalue weighted by Gasteiger charge is 2.51. The third kappa shape index (κ3) is 2.39. The summed E-state index contributed by atoms with van der Waals surface area (Å²) in [7, 11) is 0. The number of anilines is 1. The molecule has 0 saturated heterocycles. The molecule has 122 valence electrons. The van der Waals surface area contributed by atoms with Crippen molar-refractivity contribution < 1.29 is 19.5 Å². The lowest BCUT2D eigenvalue weighted by Crippen LogP contribution is -2.36. The summed E-state index contributed by atoms with van der Waals surface area (Å²) in [5, 5.41) is 16.0. The van der Waals surface area contributed by atoms with Crippen molar-refractivity contribution in [2.75, 3.05) is 5.32 Å². The molecule has 1 aromatic rings. The highest BCUT2D eigenvalue weighted by Crippen LogP contribution is 2.48. The Morgan fingerprint density at radius 1 is 1.35 bits per heavy atom. The van der Waals surface area contributed by atoms with Crippen LogP contribution in [0.4, 0.5) is 5.69 Å². The van der Waals surface area contributed by atoms with Crippen molar-refractivity contribution in [2.24, 2.45) is 29.4 Å². The SMILES string of the molecule is CCn1ncc(NC(=O)[C@@H]2[C@@H](C(=O)O)[C@H]3C=C[C@@H]2C3)c1C(N)=O. The first-order chi connectivity index (χ1) is 10.9. The molecule has 4 N–H and O–H groups in total. The van der Waals surface area contributed by atoms with Crippen LogP contribution in [-0.4, -0.2) is 32.7 Å².